The maximum absolute atomic E-state index is 12.3. The largest absolute Gasteiger partial charge is 0.573 e. The van der Waals surface area contributed by atoms with Crippen LogP contribution < -0.4 is 4.74 Å². The summed E-state index contributed by atoms with van der Waals surface area (Å²) in [4.78, 5) is 16.0. The summed E-state index contributed by atoms with van der Waals surface area (Å²) in [6.45, 7) is 0. The first kappa shape index (κ1) is 21.9. The minimum Gasteiger partial charge on any atom is -0.503 e. The number of methoxy groups -OCH3 is 1. The molecule has 0 saturated heterocycles. The van der Waals surface area contributed by atoms with Crippen LogP contribution >= 0.6 is 0 Å². The third-order valence-corrected chi connectivity index (χ3v) is 4.66. The molecule has 10 heteroatoms. The summed E-state index contributed by atoms with van der Waals surface area (Å²) >= 11 is 0. The molecule has 0 unspecified atom stereocenters. The summed E-state index contributed by atoms with van der Waals surface area (Å²) in [5.41, 5.74) is 1.40. The number of hydrogen-bond acceptors (Lipinski definition) is 6. The molecular weight excluding hydrogens is 441 g/mol. The van der Waals surface area contributed by atoms with Gasteiger partial charge in [-0.3, -0.25) is 0 Å². The van der Waals surface area contributed by atoms with Crippen molar-refractivity contribution in [2.24, 2.45) is 0 Å². The van der Waals surface area contributed by atoms with Gasteiger partial charge in [-0.05, 0) is 46.7 Å². The molecule has 1 aromatic heterocycles. The van der Waals surface area contributed by atoms with Crippen molar-refractivity contribution < 1.29 is 37.1 Å². The molecule has 0 amide bonds. The molecule has 0 fully saturated rings. The van der Waals surface area contributed by atoms with Crippen LogP contribution in [-0.4, -0.2) is 34.7 Å². The number of aliphatic carboxylic acids is 1. The average molecular weight is 456 g/mol. The standard InChI is InChI=1S/C23H15F3N2O5/c1-31-12-19(22(29)30)17-4-2-3-13-5-6-15(11-18(13)17)20-27-21(33-28-20)14-7-9-16(10-8-14)32-23(24,25)26/h2-12H,1H3,(H,29,30). The number of halogens is 3. The van der Waals surface area contributed by atoms with E-state index in [4.69, 9.17) is 9.26 Å². The molecule has 0 spiro atoms. The van der Waals surface area contributed by atoms with Crippen LogP contribution in [0.5, 0.6) is 5.75 Å². The van der Waals surface area contributed by atoms with Crippen molar-refractivity contribution in [3.8, 4) is 28.6 Å². The fourth-order valence-corrected chi connectivity index (χ4v) is 3.25. The summed E-state index contributed by atoms with van der Waals surface area (Å²) in [6, 6.07) is 15.5. The predicted molar refractivity (Wildman–Crippen MR) is 112 cm³/mol. The number of carboxylic acids is 1. The van der Waals surface area contributed by atoms with E-state index in [2.05, 4.69) is 14.9 Å². The van der Waals surface area contributed by atoms with E-state index in [0.29, 0.717) is 22.1 Å². The predicted octanol–water partition coefficient (Wildman–Crippen LogP) is 5.53. The molecule has 1 heterocycles. The van der Waals surface area contributed by atoms with Crippen LogP contribution in [0.3, 0.4) is 0 Å². The number of benzene rings is 3. The molecule has 0 atom stereocenters. The van der Waals surface area contributed by atoms with Crippen LogP contribution in [0.2, 0.25) is 0 Å². The second-order valence-electron chi connectivity index (χ2n) is 6.81. The van der Waals surface area contributed by atoms with Gasteiger partial charge in [0.1, 0.15) is 11.3 Å². The molecule has 3 aromatic carbocycles. The SMILES string of the molecule is COC=C(C(=O)O)c1cccc2ccc(-c3noc(-c4ccc(OC(F)(F)F)cc4)n3)cc12. The Hall–Kier alpha value is -4.34. The zero-order valence-corrected chi connectivity index (χ0v) is 17.0. The Kier molecular flexibility index (Phi) is 5.74. The van der Waals surface area contributed by atoms with Crippen molar-refractivity contribution >= 4 is 22.3 Å². The van der Waals surface area contributed by atoms with E-state index in [9.17, 15) is 23.1 Å². The molecule has 1 N–H and O–H groups in total. The van der Waals surface area contributed by atoms with E-state index in [1.165, 1.54) is 19.2 Å². The maximum atomic E-state index is 12.3. The van der Waals surface area contributed by atoms with Gasteiger partial charge in [0, 0.05) is 11.1 Å². The van der Waals surface area contributed by atoms with E-state index in [1.54, 1.807) is 30.3 Å². The molecule has 4 rings (SSSR count). The molecule has 7 nitrogen and oxygen atoms in total. The molecule has 0 aliphatic heterocycles. The molecule has 0 aliphatic rings. The van der Waals surface area contributed by atoms with Crippen molar-refractivity contribution in [1.29, 1.82) is 0 Å². The number of carboxylic acid groups (broad SMARTS) is 1. The van der Waals surface area contributed by atoms with Crippen LogP contribution in [-0.2, 0) is 9.53 Å². The highest BCUT2D eigenvalue weighted by Gasteiger charge is 2.31. The monoisotopic (exact) mass is 456 g/mol. The number of fused-ring (bicyclic) bond motifs is 1. The normalized spacial score (nSPS) is 12.1. The number of hydrogen-bond donors (Lipinski definition) is 1. The highest BCUT2D eigenvalue weighted by atomic mass is 19.4. The smallest absolute Gasteiger partial charge is 0.503 e. The summed E-state index contributed by atoms with van der Waals surface area (Å²) in [6.07, 6.45) is -3.63. The minimum atomic E-state index is -4.78. The first-order chi connectivity index (χ1) is 15.7. The highest BCUT2D eigenvalue weighted by molar-refractivity contribution is 6.19. The van der Waals surface area contributed by atoms with E-state index >= 15 is 0 Å². The van der Waals surface area contributed by atoms with Crippen molar-refractivity contribution in [3.05, 3.63) is 72.5 Å². The van der Waals surface area contributed by atoms with Gasteiger partial charge in [-0.2, -0.15) is 4.98 Å². The average Bonchev–Trinajstić information content (AvgIpc) is 3.26. The number of aromatic nitrogens is 2. The van der Waals surface area contributed by atoms with Crippen LogP contribution in [0.25, 0.3) is 39.2 Å². The Morgan fingerprint density at radius 1 is 1.06 bits per heavy atom. The van der Waals surface area contributed by atoms with Crippen LogP contribution in [0.15, 0.2) is 71.4 Å². The zero-order valence-electron chi connectivity index (χ0n) is 17.0. The van der Waals surface area contributed by atoms with E-state index in [1.807, 2.05) is 6.07 Å². The number of alkyl halides is 3. The fraction of sp³-hybridized carbons (Fsp3) is 0.0870. The van der Waals surface area contributed by atoms with Crippen LogP contribution in [0.1, 0.15) is 5.56 Å². The van der Waals surface area contributed by atoms with Gasteiger partial charge in [0.15, 0.2) is 0 Å². The number of rotatable bonds is 6. The Morgan fingerprint density at radius 2 is 1.79 bits per heavy atom. The Labute approximate surface area is 184 Å². The van der Waals surface area contributed by atoms with Gasteiger partial charge in [0.2, 0.25) is 5.82 Å². The Bertz CT molecular complexity index is 1340. The Balaban J connectivity index is 1.69. The van der Waals surface area contributed by atoms with Crippen molar-refractivity contribution in [2.75, 3.05) is 7.11 Å². The quantitative estimate of drug-likeness (QED) is 0.301. The minimum absolute atomic E-state index is 0.0183. The number of nitrogens with zero attached hydrogens (tertiary/aromatic N) is 2. The second kappa shape index (κ2) is 8.65. The van der Waals surface area contributed by atoms with Crippen LogP contribution in [0, 0.1) is 0 Å². The van der Waals surface area contributed by atoms with E-state index in [0.717, 1.165) is 23.8 Å². The maximum Gasteiger partial charge on any atom is 0.573 e. The molecule has 0 radical (unpaired) electrons. The lowest BCUT2D eigenvalue weighted by molar-refractivity contribution is -0.274. The number of ether oxygens (including phenoxy) is 2. The Morgan fingerprint density at radius 3 is 2.45 bits per heavy atom. The van der Waals surface area contributed by atoms with Gasteiger partial charge in [-0.25, -0.2) is 4.79 Å². The molecule has 4 aromatic rings. The molecule has 168 valence electrons. The lowest BCUT2D eigenvalue weighted by atomic mass is 9.97. The van der Waals surface area contributed by atoms with Crippen molar-refractivity contribution in [3.63, 3.8) is 0 Å². The van der Waals surface area contributed by atoms with Gasteiger partial charge >= 0.3 is 12.3 Å². The van der Waals surface area contributed by atoms with Gasteiger partial charge in [-0.15, -0.1) is 13.2 Å². The fourth-order valence-electron chi connectivity index (χ4n) is 3.25. The third-order valence-electron chi connectivity index (χ3n) is 4.66. The van der Waals surface area contributed by atoms with Gasteiger partial charge in [0.25, 0.3) is 5.89 Å². The van der Waals surface area contributed by atoms with Gasteiger partial charge < -0.3 is 19.1 Å². The summed E-state index contributed by atoms with van der Waals surface area (Å²) in [5.74, 6) is -1.19. The van der Waals surface area contributed by atoms with E-state index in [-0.39, 0.29) is 23.0 Å². The topological polar surface area (TPSA) is 94.7 Å². The molecule has 0 aliphatic carbocycles. The van der Waals surface area contributed by atoms with E-state index < -0.39 is 12.3 Å². The van der Waals surface area contributed by atoms with Crippen molar-refractivity contribution in [1.82, 2.24) is 10.1 Å². The molecule has 33 heavy (non-hydrogen) atoms. The molecule has 0 bridgehead atoms. The first-order valence-electron chi connectivity index (χ1n) is 9.45. The van der Waals surface area contributed by atoms with Crippen molar-refractivity contribution in [2.45, 2.75) is 6.36 Å². The molecular formula is C23H15F3N2O5. The third kappa shape index (κ3) is 4.79. The van der Waals surface area contributed by atoms with Gasteiger partial charge in [0.05, 0.1) is 13.4 Å². The molecule has 0 saturated carbocycles. The lowest BCUT2D eigenvalue weighted by Gasteiger charge is -2.08. The summed E-state index contributed by atoms with van der Waals surface area (Å²) in [7, 11) is 1.36. The van der Waals surface area contributed by atoms with Gasteiger partial charge in [-0.1, -0.05) is 35.5 Å². The summed E-state index contributed by atoms with van der Waals surface area (Å²) < 4.78 is 51.0. The number of carbonyl (C=O) groups is 1. The lowest BCUT2D eigenvalue weighted by Crippen LogP contribution is -2.16. The zero-order chi connectivity index (χ0) is 23.6. The second-order valence-corrected chi connectivity index (χ2v) is 6.81. The first-order valence-corrected chi connectivity index (χ1v) is 9.45. The van der Waals surface area contributed by atoms with Crippen LogP contribution in [0.4, 0.5) is 13.2 Å². The highest BCUT2D eigenvalue weighted by Crippen LogP contribution is 2.31. The summed E-state index contributed by atoms with van der Waals surface area (Å²) in [5, 5.41) is 14.9.